The molecule has 194 valence electrons. The smallest absolute Gasteiger partial charge is 0.328 e. The SMILES string of the molecule is CCCC[C@@H](N=C(c1ccccc1)c1ccccc1NC(=O)C(C)(C)N[C@@H](C)c1ccccc1)C(=O)O. The summed E-state index contributed by atoms with van der Waals surface area (Å²) in [7, 11) is 0. The Balaban J connectivity index is 1.94. The fraction of sp³-hybridized carbons (Fsp3) is 0.323. The molecule has 6 nitrogen and oxygen atoms in total. The quantitative estimate of drug-likeness (QED) is 0.258. The lowest BCUT2D eigenvalue weighted by Gasteiger charge is -2.30. The van der Waals surface area contributed by atoms with Crippen LogP contribution in [0.25, 0.3) is 0 Å². The Labute approximate surface area is 219 Å². The Bertz CT molecular complexity index is 1210. The third kappa shape index (κ3) is 7.61. The molecule has 3 aromatic rings. The Morgan fingerprint density at radius 3 is 2.14 bits per heavy atom. The standard InChI is InChI=1S/C31H37N3O3/c1-5-6-20-27(29(35)36)32-28(24-17-11-8-12-18-24)25-19-13-14-21-26(25)33-30(37)31(3,4)34-22(2)23-15-9-7-10-16-23/h7-19,21-22,27,34H,5-6,20H2,1-4H3,(H,33,37)(H,35,36)/t22-,27+/m0/s1. The number of carbonyl (C=O) groups is 2. The van der Waals surface area contributed by atoms with E-state index in [0.717, 1.165) is 24.0 Å². The van der Waals surface area contributed by atoms with Crippen LogP contribution >= 0.6 is 0 Å². The molecule has 0 aliphatic heterocycles. The highest BCUT2D eigenvalue weighted by atomic mass is 16.4. The summed E-state index contributed by atoms with van der Waals surface area (Å²) in [5, 5.41) is 16.4. The first-order valence-electron chi connectivity index (χ1n) is 12.8. The second-order valence-corrected chi connectivity index (χ2v) is 9.74. The van der Waals surface area contributed by atoms with E-state index in [2.05, 4.69) is 10.6 Å². The van der Waals surface area contributed by atoms with E-state index in [9.17, 15) is 14.7 Å². The second kappa shape index (κ2) is 13.0. The normalized spacial score (nSPS) is 13.6. The summed E-state index contributed by atoms with van der Waals surface area (Å²) < 4.78 is 0. The molecule has 0 bridgehead atoms. The number of rotatable bonds is 12. The van der Waals surface area contributed by atoms with Crippen LogP contribution in [0.1, 0.15) is 69.7 Å². The Morgan fingerprint density at radius 1 is 0.919 bits per heavy atom. The number of nitrogens with one attached hydrogen (secondary N) is 2. The van der Waals surface area contributed by atoms with Gasteiger partial charge in [0.05, 0.1) is 16.9 Å². The van der Waals surface area contributed by atoms with Gasteiger partial charge in [0.15, 0.2) is 0 Å². The van der Waals surface area contributed by atoms with Gasteiger partial charge in [-0.15, -0.1) is 0 Å². The van der Waals surface area contributed by atoms with Crippen molar-refractivity contribution in [3.05, 3.63) is 102 Å². The van der Waals surface area contributed by atoms with Gasteiger partial charge in [-0.05, 0) is 38.8 Å². The first-order valence-corrected chi connectivity index (χ1v) is 12.8. The molecule has 0 saturated heterocycles. The second-order valence-electron chi connectivity index (χ2n) is 9.74. The van der Waals surface area contributed by atoms with Crippen LogP contribution in [0.3, 0.4) is 0 Å². The first kappa shape index (κ1) is 27.8. The summed E-state index contributed by atoms with van der Waals surface area (Å²) in [6.45, 7) is 7.75. The van der Waals surface area contributed by atoms with Crippen molar-refractivity contribution in [2.45, 2.75) is 64.6 Å². The highest BCUT2D eigenvalue weighted by molar-refractivity contribution is 6.18. The molecule has 0 fully saturated rings. The first-order chi connectivity index (χ1) is 17.7. The van der Waals surface area contributed by atoms with Crippen molar-refractivity contribution >= 4 is 23.3 Å². The monoisotopic (exact) mass is 499 g/mol. The molecule has 3 N–H and O–H groups in total. The van der Waals surface area contributed by atoms with Gasteiger partial charge in [0.1, 0.15) is 6.04 Å². The maximum Gasteiger partial charge on any atom is 0.328 e. The average Bonchev–Trinajstić information content (AvgIpc) is 2.90. The van der Waals surface area contributed by atoms with Crippen LogP contribution in [0.4, 0.5) is 5.69 Å². The largest absolute Gasteiger partial charge is 0.480 e. The van der Waals surface area contributed by atoms with Crippen molar-refractivity contribution in [1.29, 1.82) is 0 Å². The number of amides is 1. The van der Waals surface area contributed by atoms with E-state index in [1.54, 1.807) is 0 Å². The van der Waals surface area contributed by atoms with E-state index < -0.39 is 17.6 Å². The zero-order chi connectivity index (χ0) is 26.8. The highest BCUT2D eigenvalue weighted by Gasteiger charge is 2.30. The Hall–Kier alpha value is -3.77. The topological polar surface area (TPSA) is 90.8 Å². The van der Waals surface area contributed by atoms with E-state index >= 15 is 0 Å². The number of benzene rings is 3. The highest BCUT2D eigenvalue weighted by Crippen LogP contribution is 2.24. The van der Waals surface area contributed by atoms with E-state index in [-0.39, 0.29) is 11.9 Å². The van der Waals surface area contributed by atoms with Crippen molar-refractivity contribution in [2.75, 3.05) is 5.32 Å². The zero-order valence-corrected chi connectivity index (χ0v) is 22.1. The van der Waals surface area contributed by atoms with Crippen molar-refractivity contribution in [3.8, 4) is 0 Å². The summed E-state index contributed by atoms with van der Waals surface area (Å²) in [5.41, 5.74) is 2.81. The van der Waals surface area contributed by atoms with Crippen LogP contribution in [0, 0.1) is 0 Å². The molecule has 3 aromatic carbocycles. The molecule has 1 amide bonds. The Kier molecular flexibility index (Phi) is 9.75. The van der Waals surface area contributed by atoms with Crippen LogP contribution in [0.5, 0.6) is 0 Å². The van der Waals surface area contributed by atoms with Gasteiger partial charge in [-0.1, -0.05) is 98.6 Å². The number of unbranched alkanes of at least 4 members (excludes halogenated alkanes) is 1. The van der Waals surface area contributed by atoms with Crippen LogP contribution in [-0.4, -0.2) is 34.3 Å². The summed E-state index contributed by atoms with van der Waals surface area (Å²) in [6, 6.07) is 26.0. The molecule has 0 saturated carbocycles. The fourth-order valence-electron chi connectivity index (χ4n) is 4.20. The maximum atomic E-state index is 13.5. The molecule has 0 heterocycles. The molecule has 6 heteroatoms. The van der Waals surface area contributed by atoms with Gasteiger partial charge >= 0.3 is 5.97 Å². The van der Waals surface area contributed by atoms with Gasteiger partial charge in [0, 0.05) is 17.2 Å². The number of para-hydroxylation sites is 1. The molecule has 2 atom stereocenters. The van der Waals surface area contributed by atoms with Gasteiger partial charge in [0.25, 0.3) is 0 Å². The maximum absolute atomic E-state index is 13.5. The number of hydrogen-bond acceptors (Lipinski definition) is 4. The van der Waals surface area contributed by atoms with Crippen LogP contribution in [0.2, 0.25) is 0 Å². The number of carboxylic acid groups (broad SMARTS) is 1. The Morgan fingerprint density at radius 2 is 1.51 bits per heavy atom. The minimum absolute atomic E-state index is 0.0338. The summed E-state index contributed by atoms with van der Waals surface area (Å²) in [6.07, 6.45) is 2.10. The molecule has 0 aliphatic carbocycles. The third-order valence-electron chi connectivity index (χ3n) is 6.32. The number of hydrogen-bond donors (Lipinski definition) is 3. The van der Waals surface area contributed by atoms with Crippen LogP contribution < -0.4 is 10.6 Å². The lowest BCUT2D eigenvalue weighted by atomic mass is 9.97. The predicted octanol–water partition coefficient (Wildman–Crippen LogP) is 6.24. The van der Waals surface area contributed by atoms with E-state index in [1.807, 2.05) is 113 Å². The minimum atomic E-state index is -0.955. The number of nitrogens with zero attached hydrogens (tertiary/aromatic N) is 1. The fourth-order valence-corrected chi connectivity index (χ4v) is 4.20. The minimum Gasteiger partial charge on any atom is -0.480 e. The summed E-state index contributed by atoms with van der Waals surface area (Å²) >= 11 is 0. The molecular weight excluding hydrogens is 462 g/mol. The average molecular weight is 500 g/mol. The third-order valence-corrected chi connectivity index (χ3v) is 6.32. The van der Waals surface area contributed by atoms with Crippen molar-refractivity contribution in [1.82, 2.24) is 5.32 Å². The van der Waals surface area contributed by atoms with Gasteiger partial charge in [-0.2, -0.15) is 0 Å². The van der Waals surface area contributed by atoms with E-state index in [4.69, 9.17) is 4.99 Å². The lowest BCUT2D eigenvalue weighted by molar-refractivity contribution is -0.138. The lowest BCUT2D eigenvalue weighted by Crippen LogP contribution is -2.50. The van der Waals surface area contributed by atoms with E-state index in [1.165, 1.54) is 0 Å². The van der Waals surface area contributed by atoms with Crippen molar-refractivity contribution in [3.63, 3.8) is 0 Å². The molecule has 3 rings (SSSR count). The molecule has 37 heavy (non-hydrogen) atoms. The zero-order valence-electron chi connectivity index (χ0n) is 22.1. The number of carbonyl (C=O) groups excluding carboxylic acids is 1. The van der Waals surface area contributed by atoms with E-state index in [0.29, 0.717) is 23.4 Å². The number of anilines is 1. The summed E-state index contributed by atoms with van der Waals surface area (Å²) in [5.74, 6) is -1.15. The van der Waals surface area contributed by atoms with Crippen LogP contribution in [-0.2, 0) is 9.59 Å². The molecule has 0 radical (unpaired) electrons. The molecular formula is C31H37N3O3. The van der Waals surface area contributed by atoms with Gasteiger partial charge in [-0.25, -0.2) is 4.79 Å². The summed E-state index contributed by atoms with van der Waals surface area (Å²) in [4.78, 5) is 30.2. The van der Waals surface area contributed by atoms with Crippen molar-refractivity contribution < 1.29 is 14.7 Å². The van der Waals surface area contributed by atoms with Gasteiger partial charge in [-0.3, -0.25) is 15.1 Å². The number of aliphatic carboxylic acids is 1. The van der Waals surface area contributed by atoms with Crippen LogP contribution in [0.15, 0.2) is 89.9 Å². The molecule has 0 spiro atoms. The van der Waals surface area contributed by atoms with Gasteiger partial charge in [0.2, 0.25) is 5.91 Å². The molecule has 0 unspecified atom stereocenters. The predicted molar refractivity (Wildman–Crippen MR) is 150 cm³/mol. The molecule has 0 aliphatic rings. The van der Waals surface area contributed by atoms with Crippen molar-refractivity contribution in [2.24, 2.45) is 4.99 Å². The number of aliphatic imine (C=N–C) groups is 1. The van der Waals surface area contributed by atoms with Gasteiger partial charge < -0.3 is 10.4 Å². The molecule has 0 aromatic heterocycles. The number of carboxylic acids is 1.